The Balaban J connectivity index is 1.78. The van der Waals surface area contributed by atoms with Crippen LogP contribution in [0, 0.1) is 11.3 Å². The summed E-state index contributed by atoms with van der Waals surface area (Å²) in [6.45, 7) is 10.2. The van der Waals surface area contributed by atoms with E-state index in [1.54, 1.807) is 6.20 Å². The van der Waals surface area contributed by atoms with E-state index < -0.39 is 0 Å². The molecule has 0 amide bonds. The topological polar surface area (TPSA) is 107 Å². The molecule has 2 aromatic rings. The van der Waals surface area contributed by atoms with Crippen LogP contribution >= 0.6 is 0 Å². The van der Waals surface area contributed by atoms with Crippen molar-refractivity contribution in [2.45, 2.75) is 33.2 Å². The summed E-state index contributed by atoms with van der Waals surface area (Å²) in [5, 5.41) is 23.5. The monoisotopic (exact) mass is 394 g/mol. The quantitative estimate of drug-likeness (QED) is 0.257. The molecule has 154 valence electrons. The van der Waals surface area contributed by atoms with Crippen molar-refractivity contribution in [2.75, 3.05) is 31.1 Å². The number of hydrogen-bond donors (Lipinski definition) is 2. The van der Waals surface area contributed by atoms with Crippen LogP contribution < -0.4 is 10.7 Å². The fourth-order valence-corrected chi connectivity index (χ4v) is 3.82. The third kappa shape index (κ3) is 5.14. The van der Waals surface area contributed by atoms with Crippen LogP contribution in [-0.4, -0.2) is 47.1 Å². The number of aromatic nitrogens is 2. The molecule has 8 heteroatoms. The maximum absolute atomic E-state index is 8.23. The first-order chi connectivity index (χ1) is 14.0. The van der Waals surface area contributed by atoms with Gasteiger partial charge in [-0.05, 0) is 49.1 Å². The standard InChI is InChI=1S/C21H30N8/c1-15(2)13-17-6-7-18(21(22)26-27-23)20(14-17)29-11-9-28(10-12-29)16(3)19-5-4-8-24-25-19/h4-8,14-16H,9-13H2,1-3H3,(H3,22,23,26). The van der Waals surface area contributed by atoms with Crippen molar-refractivity contribution in [3.05, 3.63) is 53.3 Å². The summed E-state index contributed by atoms with van der Waals surface area (Å²) in [7, 11) is 0. The van der Waals surface area contributed by atoms with Crippen molar-refractivity contribution in [3.8, 4) is 0 Å². The minimum Gasteiger partial charge on any atom is -0.368 e. The number of anilines is 1. The number of piperazine rings is 1. The molecule has 29 heavy (non-hydrogen) atoms. The van der Waals surface area contributed by atoms with E-state index in [9.17, 15) is 0 Å². The van der Waals surface area contributed by atoms with Gasteiger partial charge in [0.25, 0.3) is 0 Å². The lowest BCUT2D eigenvalue weighted by Crippen LogP contribution is -2.47. The summed E-state index contributed by atoms with van der Waals surface area (Å²) >= 11 is 0. The first-order valence-corrected chi connectivity index (χ1v) is 10.1. The molecule has 0 aliphatic carbocycles. The molecule has 0 bridgehead atoms. The van der Waals surface area contributed by atoms with E-state index in [2.05, 4.69) is 63.2 Å². The molecule has 1 aromatic carbocycles. The Bertz CT molecular complexity index is 841. The molecule has 0 saturated carbocycles. The molecule has 1 atom stereocenters. The van der Waals surface area contributed by atoms with Gasteiger partial charge in [-0.2, -0.15) is 10.2 Å². The number of nitrogens with zero attached hydrogens (tertiary/aromatic N) is 6. The Kier molecular flexibility index (Phi) is 6.87. The van der Waals surface area contributed by atoms with Gasteiger partial charge in [0.1, 0.15) is 0 Å². The second kappa shape index (κ2) is 9.56. The molecule has 1 saturated heterocycles. The molecule has 3 N–H and O–H groups in total. The Morgan fingerprint density at radius 3 is 2.55 bits per heavy atom. The normalized spacial score (nSPS) is 16.5. The third-order valence-corrected chi connectivity index (χ3v) is 5.34. The van der Waals surface area contributed by atoms with E-state index in [1.807, 2.05) is 18.2 Å². The zero-order valence-corrected chi connectivity index (χ0v) is 17.4. The minimum atomic E-state index is 0.0916. The molecular weight excluding hydrogens is 364 g/mol. The third-order valence-electron chi connectivity index (χ3n) is 5.34. The molecule has 1 aliphatic heterocycles. The highest BCUT2D eigenvalue weighted by molar-refractivity contribution is 6.02. The van der Waals surface area contributed by atoms with Crippen LogP contribution in [0.15, 0.2) is 46.9 Å². The van der Waals surface area contributed by atoms with Crippen molar-refractivity contribution in [1.29, 1.82) is 5.41 Å². The van der Waals surface area contributed by atoms with Crippen LogP contribution in [0.4, 0.5) is 5.69 Å². The number of amidine groups is 1. The van der Waals surface area contributed by atoms with Gasteiger partial charge in [0.15, 0.2) is 5.84 Å². The van der Waals surface area contributed by atoms with Crippen molar-refractivity contribution in [1.82, 2.24) is 15.1 Å². The van der Waals surface area contributed by atoms with Crippen LogP contribution in [0.3, 0.4) is 0 Å². The Morgan fingerprint density at radius 2 is 1.93 bits per heavy atom. The van der Waals surface area contributed by atoms with E-state index >= 15 is 0 Å². The van der Waals surface area contributed by atoms with E-state index in [4.69, 9.17) is 11.3 Å². The van der Waals surface area contributed by atoms with Crippen LogP contribution in [0.2, 0.25) is 0 Å². The molecule has 8 nitrogen and oxygen atoms in total. The van der Waals surface area contributed by atoms with Gasteiger partial charge in [-0.25, -0.2) is 0 Å². The van der Waals surface area contributed by atoms with Crippen molar-refractivity contribution >= 4 is 11.5 Å². The summed E-state index contributed by atoms with van der Waals surface area (Å²) in [5.41, 5.74) is 4.06. The van der Waals surface area contributed by atoms with E-state index in [-0.39, 0.29) is 11.9 Å². The summed E-state index contributed by atoms with van der Waals surface area (Å²) in [5.74, 6) is 5.85. The molecule has 0 radical (unpaired) electrons. The zero-order chi connectivity index (χ0) is 20.8. The second-order valence-electron chi connectivity index (χ2n) is 7.86. The Labute approximate surface area is 172 Å². The number of benzene rings is 1. The van der Waals surface area contributed by atoms with Crippen LogP contribution in [0.25, 0.3) is 0 Å². The maximum Gasteiger partial charge on any atom is 0.178 e. The minimum absolute atomic E-state index is 0.0916. The lowest BCUT2D eigenvalue weighted by molar-refractivity contribution is 0.194. The zero-order valence-electron chi connectivity index (χ0n) is 17.4. The highest BCUT2D eigenvalue weighted by atomic mass is 15.3. The van der Waals surface area contributed by atoms with Crippen molar-refractivity contribution in [3.63, 3.8) is 0 Å². The van der Waals surface area contributed by atoms with Gasteiger partial charge in [0, 0.05) is 43.6 Å². The van der Waals surface area contributed by atoms with E-state index in [0.29, 0.717) is 5.92 Å². The smallest absolute Gasteiger partial charge is 0.178 e. The van der Waals surface area contributed by atoms with Gasteiger partial charge < -0.3 is 10.7 Å². The molecule has 1 fully saturated rings. The summed E-state index contributed by atoms with van der Waals surface area (Å²) in [4.78, 5) is 4.75. The summed E-state index contributed by atoms with van der Waals surface area (Å²) in [6.07, 6.45) is 2.70. The van der Waals surface area contributed by atoms with Gasteiger partial charge in [-0.3, -0.25) is 10.3 Å². The van der Waals surface area contributed by atoms with Gasteiger partial charge in [0.05, 0.1) is 11.7 Å². The molecular formula is C21H30N8. The molecule has 1 unspecified atom stereocenters. The number of rotatable bonds is 6. The van der Waals surface area contributed by atoms with Crippen LogP contribution in [-0.2, 0) is 6.42 Å². The Morgan fingerprint density at radius 1 is 1.17 bits per heavy atom. The van der Waals surface area contributed by atoms with Crippen LogP contribution in [0.5, 0.6) is 0 Å². The number of hydrogen-bond acceptors (Lipinski definition) is 6. The molecule has 1 aromatic heterocycles. The largest absolute Gasteiger partial charge is 0.368 e. The number of nitrogens with one attached hydrogen (secondary N) is 1. The molecule has 2 heterocycles. The molecule has 1 aliphatic rings. The lowest BCUT2D eigenvalue weighted by Gasteiger charge is -2.39. The van der Waals surface area contributed by atoms with E-state index in [0.717, 1.165) is 49.5 Å². The summed E-state index contributed by atoms with van der Waals surface area (Å²) < 4.78 is 0. The van der Waals surface area contributed by atoms with E-state index in [1.165, 1.54) is 5.56 Å². The number of nitrogens with two attached hydrogens (primary N) is 1. The van der Waals surface area contributed by atoms with Crippen molar-refractivity contribution in [2.24, 2.45) is 22.1 Å². The highest BCUT2D eigenvalue weighted by Crippen LogP contribution is 2.28. The van der Waals surface area contributed by atoms with Gasteiger partial charge in [-0.1, -0.05) is 25.1 Å². The van der Waals surface area contributed by atoms with Gasteiger partial charge in [0.2, 0.25) is 0 Å². The SMILES string of the molecule is CC(C)Cc1ccc(C(=N)N=NN)c(N2CCN(C(C)c3cccnn3)CC2)c1. The summed E-state index contributed by atoms with van der Waals surface area (Å²) in [6, 6.07) is 10.4. The average Bonchev–Trinajstić information content (AvgIpc) is 2.73. The first-order valence-electron chi connectivity index (χ1n) is 10.1. The van der Waals surface area contributed by atoms with Crippen LogP contribution in [0.1, 0.15) is 43.6 Å². The Hall–Kier alpha value is -2.87. The molecule has 3 rings (SSSR count). The van der Waals surface area contributed by atoms with Gasteiger partial charge >= 0.3 is 0 Å². The van der Waals surface area contributed by atoms with Crippen molar-refractivity contribution < 1.29 is 0 Å². The average molecular weight is 395 g/mol. The molecule has 0 spiro atoms. The second-order valence-corrected chi connectivity index (χ2v) is 7.86. The van der Waals surface area contributed by atoms with Gasteiger partial charge in [-0.15, -0.1) is 5.11 Å². The lowest BCUT2D eigenvalue weighted by atomic mass is 9.99. The first kappa shape index (κ1) is 20.9. The fraction of sp³-hybridized carbons (Fsp3) is 0.476. The predicted molar refractivity (Wildman–Crippen MR) is 115 cm³/mol. The predicted octanol–water partition coefficient (Wildman–Crippen LogP) is 3.21. The maximum atomic E-state index is 8.23. The highest BCUT2D eigenvalue weighted by Gasteiger charge is 2.25. The fourth-order valence-electron chi connectivity index (χ4n) is 3.82.